The second kappa shape index (κ2) is 8.91. The number of rotatable bonds is 4. The van der Waals surface area contributed by atoms with Crippen molar-refractivity contribution in [2.24, 2.45) is 0 Å². The van der Waals surface area contributed by atoms with E-state index in [4.69, 9.17) is 9.40 Å². The number of benzene rings is 5. The highest BCUT2D eigenvalue weighted by molar-refractivity contribution is 7.99. The monoisotopic (exact) mass is 491 g/mol. The zero-order valence-corrected chi connectivity index (χ0v) is 20.9. The van der Waals surface area contributed by atoms with Crippen LogP contribution in [-0.2, 0) is 0 Å². The summed E-state index contributed by atoms with van der Waals surface area (Å²) in [6, 6.07) is 30.2. The van der Waals surface area contributed by atoms with Crippen LogP contribution in [0.3, 0.4) is 0 Å². The SMILES string of the molecule is Cc1ccccc1Sc1cc2nc3c(cc(Sc4ccccc4C)c4ccccc43)oc-2cc1=O. The first-order valence-electron chi connectivity index (χ1n) is 11.3. The van der Waals surface area contributed by atoms with Gasteiger partial charge in [0.25, 0.3) is 0 Å². The maximum Gasteiger partial charge on any atom is 0.196 e. The van der Waals surface area contributed by atoms with Gasteiger partial charge in [-0.2, -0.15) is 0 Å². The van der Waals surface area contributed by atoms with E-state index in [9.17, 15) is 4.79 Å². The van der Waals surface area contributed by atoms with Gasteiger partial charge in [0, 0.05) is 26.1 Å². The topological polar surface area (TPSA) is 43.1 Å². The quantitative estimate of drug-likeness (QED) is 0.183. The van der Waals surface area contributed by atoms with E-state index in [0.29, 0.717) is 21.9 Å². The highest BCUT2D eigenvalue weighted by atomic mass is 32.2. The van der Waals surface area contributed by atoms with Crippen molar-refractivity contribution in [3.8, 4) is 11.5 Å². The third kappa shape index (κ3) is 4.11. The Morgan fingerprint density at radius 2 is 1.26 bits per heavy atom. The van der Waals surface area contributed by atoms with E-state index in [0.717, 1.165) is 31.6 Å². The summed E-state index contributed by atoms with van der Waals surface area (Å²) in [4.78, 5) is 21.9. The molecule has 1 aliphatic heterocycles. The molecule has 0 fully saturated rings. The molecule has 0 saturated carbocycles. The Labute approximate surface area is 211 Å². The third-order valence-corrected chi connectivity index (χ3v) is 8.50. The van der Waals surface area contributed by atoms with Crippen LogP contribution in [0.4, 0.5) is 0 Å². The zero-order chi connectivity index (χ0) is 23.9. The molecular formula is C30H21NO2S2. The molecule has 0 atom stereocenters. The molecule has 5 heteroatoms. The second-order valence-electron chi connectivity index (χ2n) is 8.48. The molecule has 0 aromatic heterocycles. The molecule has 0 spiro atoms. The van der Waals surface area contributed by atoms with Crippen LogP contribution >= 0.6 is 23.5 Å². The second-order valence-corrected chi connectivity index (χ2v) is 10.7. The third-order valence-electron chi connectivity index (χ3n) is 6.05. The summed E-state index contributed by atoms with van der Waals surface area (Å²) in [5.41, 5.74) is 4.45. The van der Waals surface area contributed by atoms with E-state index in [1.807, 2.05) is 49.4 Å². The summed E-state index contributed by atoms with van der Waals surface area (Å²) in [5, 5.41) is 2.16. The Kier molecular flexibility index (Phi) is 5.59. The fourth-order valence-corrected chi connectivity index (χ4v) is 6.19. The van der Waals surface area contributed by atoms with Crippen molar-refractivity contribution in [1.29, 1.82) is 0 Å². The standard InChI is InChI=1S/C30H21NO2S2/c1-18-9-3-7-13-26(18)34-28-17-25-30(21-12-6-5-11-20(21)28)31-22-15-29(23(32)16-24(22)33-25)35-27-14-8-4-10-19(27)2/h3-17H,1-2H3. The lowest BCUT2D eigenvalue weighted by molar-refractivity contribution is 0.611. The van der Waals surface area contributed by atoms with Crippen LogP contribution in [0.2, 0.25) is 0 Å². The van der Waals surface area contributed by atoms with Crippen molar-refractivity contribution in [1.82, 2.24) is 4.98 Å². The van der Waals surface area contributed by atoms with Crippen molar-refractivity contribution in [2.45, 2.75) is 33.4 Å². The number of aromatic nitrogens is 1. The largest absolute Gasteiger partial charge is 0.453 e. The summed E-state index contributed by atoms with van der Waals surface area (Å²) >= 11 is 3.19. The predicted molar refractivity (Wildman–Crippen MR) is 145 cm³/mol. The normalized spacial score (nSPS) is 11.5. The highest BCUT2D eigenvalue weighted by Gasteiger charge is 2.18. The molecule has 35 heavy (non-hydrogen) atoms. The van der Waals surface area contributed by atoms with Gasteiger partial charge in [-0.1, -0.05) is 84.2 Å². The van der Waals surface area contributed by atoms with Crippen LogP contribution in [0.1, 0.15) is 11.1 Å². The molecule has 3 nitrogen and oxygen atoms in total. The van der Waals surface area contributed by atoms with Crippen molar-refractivity contribution in [3.63, 3.8) is 0 Å². The van der Waals surface area contributed by atoms with E-state index < -0.39 is 0 Å². The molecule has 0 saturated heterocycles. The lowest BCUT2D eigenvalue weighted by atomic mass is 10.1. The van der Waals surface area contributed by atoms with Crippen molar-refractivity contribution in [2.75, 3.05) is 0 Å². The van der Waals surface area contributed by atoms with Gasteiger partial charge in [0.1, 0.15) is 11.2 Å². The fraction of sp³-hybridized carbons (Fsp3) is 0.0667. The fourth-order valence-electron chi connectivity index (χ4n) is 4.18. The molecule has 0 N–H and O–H groups in total. The molecule has 4 aromatic rings. The van der Waals surface area contributed by atoms with Crippen LogP contribution in [0, 0.1) is 13.8 Å². The van der Waals surface area contributed by atoms with Crippen LogP contribution in [0.15, 0.2) is 120 Å². The van der Waals surface area contributed by atoms with Crippen molar-refractivity contribution >= 4 is 45.4 Å². The molecule has 2 aliphatic rings. The minimum atomic E-state index is -0.0639. The Hall–Kier alpha value is -3.54. The van der Waals surface area contributed by atoms with Crippen LogP contribution in [0.25, 0.3) is 33.3 Å². The van der Waals surface area contributed by atoms with Crippen LogP contribution in [-0.4, -0.2) is 4.98 Å². The molecule has 170 valence electrons. The maximum atomic E-state index is 12.9. The van der Waals surface area contributed by atoms with Crippen molar-refractivity contribution < 1.29 is 4.42 Å². The number of fused-ring (bicyclic) bond motifs is 4. The van der Waals surface area contributed by atoms with E-state index >= 15 is 0 Å². The summed E-state index contributed by atoms with van der Waals surface area (Å²) in [6.07, 6.45) is 0. The Bertz CT molecular complexity index is 1760. The van der Waals surface area contributed by atoms with E-state index in [2.05, 4.69) is 49.4 Å². The molecule has 0 radical (unpaired) electrons. The van der Waals surface area contributed by atoms with Gasteiger partial charge in [0.15, 0.2) is 16.8 Å². The molecule has 1 aliphatic carbocycles. The molecule has 6 rings (SSSR count). The lowest BCUT2D eigenvalue weighted by Crippen LogP contribution is -2.05. The average molecular weight is 492 g/mol. The molecule has 0 amide bonds. The first-order valence-corrected chi connectivity index (χ1v) is 13.0. The lowest BCUT2D eigenvalue weighted by Gasteiger charge is -2.13. The van der Waals surface area contributed by atoms with Crippen LogP contribution < -0.4 is 5.43 Å². The number of aryl methyl sites for hydroxylation is 2. The minimum absolute atomic E-state index is 0.0639. The number of nitrogens with zero attached hydrogens (tertiary/aromatic N) is 1. The van der Waals surface area contributed by atoms with E-state index in [1.165, 1.54) is 22.2 Å². The summed E-state index contributed by atoms with van der Waals surface area (Å²) in [5.74, 6) is 0.499. The van der Waals surface area contributed by atoms with Crippen LogP contribution in [0.5, 0.6) is 0 Å². The van der Waals surface area contributed by atoms with Gasteiger partial charge in [0.05, 0.1) is 4.90 Å². The zero-order valence-electron chi connectivity index (χ0n) is 19.2. The number of hydrogen-bond acceptors (Lipinski definition) is 5. The molecule has 1 heterocycles. The Balaban J connectivity index is 1.53. The van der Waals surface area contributed by atoms with E-state index in [1.54, 1.807) is 17.8 Å². The van der Waals surface area contributed by atoms with E-state index in [-0.39, 0.29) is 5.43 Å². The molecule has 0 unspecified atom stereocenters. The molecule has 4 aromatic carbocycles. The summed E-state index contributed by atoms with van der Waals surface area (Å²) < 4.78 is 6.29. The van der Waals surface area contributed by atoms with Gasteiger partial charge in [0.2, 0.25) is 0 Å². The summed E-state index contributed by atoms with van der Waals surface area (Å²) in [7, 11) is 0. The Morgan fingerprint density at radius 1 is 0.657 bits per heavy atom. The van der Waals surface area contributed by atoms with Gasteiger partial charge in [-0.05, 0) is 54.6 Å². The summed E-state index contributed by atoms with van der Waals surface area (Å²) in [6.45, 7) is 4.17. The Morgan fingerprint density at radius 3 is 1.94 bits per heavy atom. The highest BCUT2D eigenvalue weighted by Crippen LogP contribution is 2.40. The average Bonchev–Trinajstić information content (AvgIpc) is 2.86. The van der Waals surface area contributed by atoms with Gasteiger partial charge < -0.3 is 4.42 Å². The van der Waals surface area contributed by atoms with Gasteiger partial charge in [-0.3, -0.25) is 4.79 Å². The number of hydrogen-bond donors (Lipinski definition) is 0. The predicted octanol–water partition coefficient (Wildman–Crippen LogP) is 8.37. The maximum absolute atomic E-state index is 12.9. The van der Waals surface area contributed by atoms with Gasteiger partial charge in [-0.15, -0.1) is 0 Å². The van der Waals surface area contributed by atoms with Crippen molar-refractivity contribution in [3.05, 3.63) is 112 Å². The first-order chi connectivity index (χ1) is 17.1. The molecule has 0 bridgehead atoms. The molecular weight excluding hydrogens is 470 g/mol. The smallest absolute Gasteiger partial charge is 0.196 e. The first kappa shape index (κ1) is 22.0. The van der Waals surface area contributed by atoms with Gasteiger partial charge in [-0.25, -0.2) is 4.98 Å². The minimum Gasteiger partial charge on any atom is -0.453 e. The van der Waals surface area contributed by atoms with Gasteiger partial charge >= 0.3 is 0 Å².